The molecule has 0 spiro atoms. The normalized spacial score (nSPS) is 12.5. The van der Waals surface area contributed by atoms with Crippen LogP contribution in [-0.4, -0.2) is 14.5 Å². The largest absolute Gasteiger partial charge is 0.364 e. The molecule has 0 aliphatic carbocycles. The average molecular weight is 388 g/mol. The maximum Gasteiger partial charge on any atom is 0.142 e. The van der Waals surface area contributed by atoms with E-state index in [4.69, 9.17) is 16.3 Å². The quantitative estimate of drug-likeness (QED) is 0.454. The first-order valence-electron chi connectivity index (χ1n) is 8.06. The van der Waals surface area contributed by atoms with Gasteiger partial charge in [-0.05, 0) is 29.8 Å². The van der Waals surface area contributed by atoms with E-state index in [1.807, 2.05) is 35.0 Å². The number of benzene rings is 2. The molecule has 1 unspecified atom stereocenters. The third-order valence-electron chi connectivity index (χ3n) is 4.00. The van der Waals surface area contributed by atoms with Crippen molar-refractivity contribution >= 4 is 33.2 Å². The van der Waals surface area contributed by atoms with Crippen LogP contribution in [0.3, 0.4) is 0 Å². The molecular weight excluding hydrogens is 373 g/mol. The maximum atomic E-state index is 13.9. The Morgan fingerprint density at radius 1 is 1.23 bits per heavy atom. The third kappa shape index (κ3) is 3.77. The standard InChI is InChI=1S/C19H15ClFN3OS/c20-14-6-5-13(9-15(14)21)17(10-24-8-7-22-12-24)25-11-19-23-16-3-1-2-4-18(16)26-19/h1-9,12,17H,10-11H2. The van der Waals surface area contributed by atoms with E-state index in [9.17, 15) is 4.39 Å². The van der Waals surface area contributed by atoms with Gasteiger partial charge in [0, 0.05) is 12.4 Å². The summed E-state index contributed by atoms with van der Waals surface area (Å²) < 4.78 is 23.0. The summed E-state index contributed by atoms with van der Waals surface area (Å²) >= 11 is 7.40. The second-order valence-electron chi connectivity index (χ2n) is 5.81. The number of thiazole rings is 1. The summed E-state index contributed by atoms with van der Waals surface area (Å²) in [4.78, 5) is 8.64. The van der Waals surface area contributed by atoms with E-state index in [1.54, 1.807) is 36.0 Å². The maximum absolute atomic E-state index is 13.9. The molecule has 0 aliphatic rings. The van der Waals surface area contributed by atoms with Crippen molar-refractivity contribution in [1.29, 1.82) is 0 Å². The Balaban J connectivity index is 1.56. The first-order chi connectivity index (χ1) is 12.7. The minimum Gasteiger partial charge on any atom is -0.364 e. The Bertz CT molecular complexity index is 986. The van der Waals surface area contributed by atoms with Crippen LogP contribution in [0, 0.1) is 5.82 Å². The lowest BCUT2D eigenvalue weighted by molar-refractivity contribution is 0.0278. The Labute approximate surface area is 158 Å². The van der Waals surface area contributed by atoms with Crippen molar-refractivity contribution in [3.63, 3.8) is 0 Å². The molecule has 0 amide bonds. The lowest BCUT2D eigenvalue weighted by Gasteiger charge is -2.18. The van der Waals surface area contributed by atoms with Gasteiger partial charge in [-0.2, -0.15) is 0 Å². The molecule has 0 aliphatic heterocycles. The van der Waals surface area contributed by atoms with Gasteiger partial charge in [-0.15, -0.1) is 11.3 Å². The van der Waals surface area contributed by atoms with Gasteiger partial charge >= 0.3 is 0 Å². The van der Waals surface area contributed by atoms with Gasteiger partial charge in [-0.25, -0.2) is 14.4 Å². The van der Waals surface area contributed by atoms with Crippen LogP contribution in [0.25, 0.3) is 10.2 Å². The van der Waals surface area contributed by atoms with Crippen LogP contribution in [0.1, 0.15) is 16.7 Å². The molecule has 1 atom stereocenters. The Morgan fingerprint density at radius 3 is 2.88 bits per heavy atom. The molecule has 7 heteroatoms. The van der Waals surface area contributed by atoms with E-state index >= 15 is 0 Å². The zero-order valence-electron chi connectivity index (χ0n) is 13.7. The molecule has 0 N–H and O–H groups in total. The first kappa shape index (κ1) is 17.1. The molecule has 4 rings (SSSR count). The smallest absolute Gasteiger partial charge is 0.142 e. The zero-order valence-corrected chi connectivity index (χ0v) is 15.3. The van der Waals surface area contributed by atoms with Crippen LogP contribution in [0.4, 0.5) is 4.39 Å². The van der Waals surface area contributed by atoms with Gasteiger partial charge in [0.1, 0.15) is 16.9 Å². The van der Waals surface area contributed by atoms with Crippen LogP contribution in [0.5, 0.6) is 0 Å². The van der Waals surface area contributed by atoms with Crippen molar-refractivity contribution < 1.29 is 9.13 Å². The number of fused-ring (bicyclic) bond motifs is 1. The highest BCUT2D eigenvalue weighted by Gasteiger charge is 2.16. The number of para-hydroxylation sites is 1. The van der Waals surface area contributed by atoms with Gasteiger partial charge in [0.05, 0.1) is 34.7 Å². The highest BCUT2D eigenvalue weighted by molar-refractivity contribution is 7.18. The number of ether oxygens (including phenoxy) is 1. The monoisotopic (exact) mass is 387 g/mol. The number of hydrogen-bond acceptors (Lipinski definition) is 4. The summed E-state index contributed by atoms with van der Waals surface area (Å²) in [6, 6.07) is 12.7. The predicted octanol–water partition coefficient (Wildman–Crippen LogP) is 5.24. The number of rotatable bonds is 6. The van der Waals surface area contributed by atoms with Crippen LogP contribution in [-0.2, 0) is 17.9 Å². The van der Waals surface area contributed by atoms with Gasteiger partial charge in [0.2, 0.25) is 0 Å². The average Bonchev–Trinajstić information content (AvgIpc) is 3.30. The number of aromatic nitrogens is 3. The van der Waals surface area contributed by atoms with Crippen molar-refractivity contribution in [3.8, 4) is 0 Å². The molecule has 4 nitrogen and oxygen atoms in total. The van der Waals surface area contributed by atoms with E-state index in [0.717, 1.165) is 20.8 Å². The van der Waals surface area contributed by atoms with Crippen LogP contribution >= 0.6 is 22.9 Å². The Morgan fingerprint density at radius 2 is 2.12 bits per heavy atom. The Kier molecular flexibility index (Phi) is 4.97. The van der Waals surface area contributed by atoms with Gasteiger partial charge in [-0.3, -0.25) is 0 Å². The third-order valence-corrected chi connectivity index (χ3v) is 5.31. The topological polar surface area (TPSA) is 39.9 Å². The summed E-state index contributed by atoms with van der Waals surface area (Å²) in [5.74, 6) is -0.455. The minimum absolute atomic E-state index is 0.0984. The van der Waals surface area contributed by atoms with Gasteiger partial charge < -0.3 is 9.30 Å². The number of hydrogen-bond donors (Lipinski definition) is 0. The molecule has 0 saturated heterocycles. The lowest BCUT2D eigenvalue weighted by Crippen LogP contribution is -2.12. The molecule has 0 fully saturated rings. The van der Waals surface area contributed by atoms with Crippen molar-refractivity contribution in [3.05, 3.63) is 82.6 Å². The Hall–Kier alpha value is -2.28. The zero-order chi connectivity index (χ0) is 17.9. The van der Waals surface area contributed by atoms with Gasteiger partial charge in [0.25, 0.3) is 0 Å². The summed E-state index contributed by atoms with van der Waals surface area (Å²) in [6.45, 7) is 0.870. The summed E-state index contributed by atoms with van der Waals surface area (Å²) in [5.41, 5.74) is 1.68. The van der Waals surface area contributed by atoms with Gasteiger partial charge in [0.15, 0.2) is 0 Å². The fraction of sp³-hybridized carbons (Fsp3) is 0.158. The minimum atomic E-state index is -0.455. The molecule has 2 heterocycles. The van der Waals surface area contributed by atoms with Crippen LogP contribution in [0.15, 0.2) is 61.2 Å². The van der Waals surface area contributed by atoms with E-state index in [2.05, 4.69) is 9.97 Å². The highest BCUT2D eigenvalue weighted by atomic mass is 35.5. The molecule has 26 heavy (non-hydrogen) atoms. The number of halogens is 2. The SMILES string of the molecule is Fc1cc(C(Cn2ccnc2)OCc2nc3ccccc3s2)ccc1Cl. The second-order valence-corrected chi connectivity index (χ2v) is 7.33. The fourth-order valence-corrected chi connectivity index (χ4v) is 3.71. The molecule has 2 aromatic carbocycles. The summed E-state index contributed by atoms with van der Waals surface area (Å²) in [5, 5.41) is 0.984. The van der Waals surface area contributed by atoms with E-state index in [1.165, 1.54) is 6.07 Å². The molecular formula is C19H15ClFN3OS. The van der Waals surface area contributed by atoms with Crippen molar-refractivity contribution in [1.82, 2.24) is 14.5 Å². The highest BCUT2D eigenvalue weighted by Crippen LogP contribution is 2.27. The van der Waals surface area contributed by atoms with Crippen molar-refractivity contribution in [2.75, 3.05) is 0 Å². The second kappa shape index (κ2) is 7.53. The summed E-state index contributed by atoms with van der Waals surface area (Å²) in [6.07, 6.45) is 4.91. The summed E-state index contributed by atoms with van der Waals surface area (Å²) in [7, 11) is 0. The molecule has 0 bridgehead atoms. The molecule has 4 aromatic rings. The first-order valence-corrected chi connectivity index (χ1v) is 9.25. The molecule has 132 valence electrons. The van der Waals surface area contributed by atoms with Crippen LogP contribution in [0.2, 0.25) is 5.02 Å². The fourth-order valence-electron chi connectivity index (χ4n) is 2.71. The lowest BCUT2D eigenvalue weighted by atomic mass is 10.1. The van der Waals surface area contributed by atoms with Gasteiger partial charge in [-0.1, -0.05) is 29.8 Å². The number of nitrogens with zero attached hydrogens (tertiary/aromatic N) is 3. The van der Waals surface area contributed by atoms with Crippen molar-refractivity contribution in [2.24, 2.45) is 0 Å². The van der Waals surface area contributed by atoms with Crippen molar-refractivity contribution in [2.45, 2.75) is 19.3 Å². The number of imidazole rings is 1. The molecule has 0 radical (unpaired) electrons. The molecule has 0 saturated carbocycles. The van der Waals surface area contributed by atoms with E-state index in [0.29, 0.717) is 13.2 Å². The van der Waals surface area contributed by atoms with E-state index in [-0.39, 0.29) is 11.1 Å². The molecule has 2 aromatic heterocycles. The predicted molar refractivity (Wildman–Crippen MR) is 101 cm³/mol. The van der Waals surface area contributed by atoms with Crippen LogP contribution < -0.4 is 0 Å². The van der Waals surface area contributed by atoms with E-state index < -0.39 is 5.82 Å².